The Bertz CT molecular complexity index is 600. The minimum atomic E-state index is -0.529. The van der Waals surface area contributed by atoms with E-state index in [4.69, 9.17) is 11.6 Å². The first-order valence-corrected chi connectivity index (χ1v) is 6.26. The molecule has 1 N–H and O–H groups in total. The van der Waals surface area contributed by atoms with Crippen LogP contribution >= 0.6 is 11.6 Å². The third-order valence-corrected chi connectivity index (χ3v) is 3.05. The smallest absolute Gasteiger partial charge is 0.254 e. The zero-order chi connectivity index (χ0) is 13.8. The van der Waals surface area contributed by atoms with Crippen molar-refractivity contribution in [3.63, 3.8) is 0 Å². The van der Waals surface area contributed by atoms with Gasteiger partial charge in [0.1, 0.15) is 5.82 Å². The Morgan fingerprint density at radius 1 is 1.21 bits per heavy atom. The van der Waals surface area contributed by atoms with Gasteiger partial charge in [-0.25, -0.2) is 4.39 Å². The van der Waals surface area contributed by atoms with Crippen LogP contribution in [0.15, 0.2) is 48.5 Å². The summed E-state index contributed by atoms with van der Waals surface area (Å²) in [5.41, 5.74) is 0.911. The third kappa shape index (κ3) is 3.32. The molecule has 0 aliphatic carbocycles. The van der Waals surface area contributed by atoms with Crippen LogP contribution in [-0.2, 0) is 0 Å². The van der Waals surface area contributed by atoms with E-state index < -0.39 is 11.7 Å². The Hall–Kier alpha value is -1.87. The average molecular weight is 278 g/mol. The first-order chi connectivity index (χ1) is 9.08. The van der Waals surface area contributed by atoms with Gasteiger partial charge in [0.05, 0.1) is 11.6 Å². The van der Waals surface area contributed by atoms with Crippen LogP contribution < -0.4 is 5.32 Å². The predicted molar refractivity (Wildman–Crippen MR) is 73.7 cm³/mol. The van der Waals surface area contributed by atoms with Crippen LogP contribution in [0.4, 0.5) is 4.39 Å². The standard InChI is InChI=1S/C15H13ClFNO/c1-10(11-5-4-6-12(16)9-11)18-15(19)13-7-2-3-8-14(13)17/h2-10H,1H3,(H,18,19)/t10-/m0/s1. The van der Waals surface area contributed by atoms with Gasteiger partial charge in [0, 0.05) is 5.02 Å². The largest absolute Gasteiger partial charge is 0.345 e. The first kappa shape index (κ1) is 13.6. The van der Waals surface area contributed by atoms with E-state index >= 15 is 0 Å². The van der Waals surface area contributed by atoms with E-state index in [-0.39, 0.29) is 11.6 Å². The third-order valence-electron chi connectivity index (χ3n) is 2.81. The van der Waals surface area contributed by atoms with Crippen LogP contribution in [0.25, 0.3) is 0 Å². The van der Waals surface area contributed by atoms with Gasteiger partial charge >= 0.3 is 0 Å². The van der Waals surface area contributed by atoms with Crippen molar-refractivity contribution < 1.29 is 9.18 Å². The van der Waals surface area contributed by atoms with Crippen molar-refractivity contribution in [1.82, 2.24) is 5.32 Å². The lowest BCUT2D eigenvalue weighted by molar-refractivity contribution is 0.0936. The summed E-state index contributed by atoms with van der Waals surface area (Å²) in [7, 11) is 0. The molecule has 4 heteroatoms. The molecule has 2 rings (SSSR count). The summed E-state index contributed by atoms with van der Waals surface area (Å²) in [6.07, 6.45) is 0. The fourth-order valence-corrected chi connectivity index (χ4v) is 1.98. The highest BCUT2D eigenvalue weighted by molar-refractivity contribution is 6.30. The summed E-state index contributed by atoms with van der Waals surface area (Å²) < 4.78 is 13.5. The molecule has 0 aliphatic heterocycles. The van der Waals surface area contributed by atoms with E-state index in [0.29, 0.717) is 5.02 Å². The number of amides is 1. The van der Waals surface area contributed by atoms with Gasteiger partial charge in [-0.3, -0.25) is 4.79 Å². The topological polar surface area (TPSA) is 29.1 Å². The summed E-state index contributed by atoms with van der Waals surface area (Å²) in [6, 6.07) is 12.8. The number of hydrogen-bond acceptors (Lipinski definition) is 1. The maximum atomic E-state index is 13.5. The molecule has 0 aromatic heterocycles. The second-order valence-electron chi connectivity index (χ2n) is 4.23. The minimum absolute atomic E-state index is 0.0383. The van der Waals surface area contributed by atoms with Crippen LogP contribution in [0, 0.1) is 5.82 Å². The van der Waals surface area contributed by atoms with Crippen molar-refractivity contribution in [1.29, 1.82) is 0 Å². The number of rotatable bonds is 3. The maximum absolute atomic E-state index is 13.5. The Balaban J connectivity index is 2.13. The van der Waals surface area contributed by atoms with Gasteiger partial charge < -0.3 is 5.32 Å². The fraction of sp³-hybridized carbons (Fsp3) is 0.133. The molecule has 1 amide bonds. The van der Waals surface area contributed by atoms with E-state index in [9.17, 15) is 9.18 Å². The van der Waals surface area contributed by atoms with Gasteiger partial charge in [-0.15, -0.1) is 0 Å². The van der Waals surface area contributed by atoms with E-state index in [1.54, 1.807) is 24.3 Å². The van der Waals surface area contributed by atoms with E-state index in [1.165, 1.54) is 12.1 Å². The summed E-state index contributed by atoms with van der Waals surface area (Å²) >= 11 is 5.89. The number of benzene rings is 2. The highest BCUT2D eigenvalue weighted by Crippen LogP contribution is 2.18. The van der Waals surface area contributed by atoms with Gasteiger partial charge in [-0.05, 0) is 36.8 Å². The first-order valence-electron chi connectivity index (χ1n) is 5.89. The monoisotopic (exact) mass is 277 g/mol. The van der Waals surface area contributed by atoms with Crippen molar-refractivity contribution >= 4 is 17.5 Å². The van der Waals surface area contributed by atoms with E-state index in [1.807, 2.05) is 19.1 Å². The van der Waals surface area contributed by atoms with Crippen LogP contribution in [0.2, 0.25) is 5.02 Å². The second kappa shape index (κ2) is 5.85. The molecule has 2 nitrogen and oxygen atoms in total. The molecule has 2 aromatic carbocycles. The summed E-state index contributed by atoms with van der Waals surface area (Å²) in [5, 5.41) is 3.34. The molecular weight excluding hydrogens is 265 g/mol. The lowest BCUT2D eigenvalue weighted by Gasteiger charge is -2.14. The molecule has 1 atom stereocenters. The molecule has 98 valence electrons. The van der Waals surface area contributed by atoms with Gasteiger partial charge in [-0.2, -0.15) is 0 Å². The number of nitrogens with one attached hydrogen (secondary N) is 1. The number of carbonyl (C=O) groups excluding carboxylic acids is 1. The van der Waals surface area contributed by atoms with Crippen LogP contribution in [0.5, 0.6) is 0 Å². The Morgan fingerprint density at radius 2 is 1.95 bits per heavy atom. The van der Waals surface area contributed by atoms with Gasteiger partial charge in [0.2, 0.25) is 0 Å². The van der Waals surface area contributed by atoms with E-state index in [0.717, 1.165) is 5.56 Å². The quantitative estimate of drug-likeness (QED) is 0.904. The minimum Gasteiger partial charge on any atom is -0.345 e. The van der Waals surface area contributed by atoms with Gasteiger partial charge in [-0.1, -0.05) is 35.9 Å². The highest BCUT2D eigenvalue weighted by Gasteiger charge is 2.14. The molecule has 0 radical (unpaired) electrons. The molecule has 2 aromatic rings. The fourth-order valence-electron chi connectivity index (χ4n) is 1.78. The van der Waals surface area contributed by atoms with Gasteiger partial charge in [0.25, 0.3) is 5.91 Å². The SMILES string of the molecule is C[C@H](NC(=O)c1ccccc1F)c1cccc(Cl)c1. The van der Waals surface area contributed by atoms with Gasteiger partial charge in [0.15, 0.2) is 0 Å². The number of hydrogen-bond donors (Lipinski definition) is 1. The molecule has 0 heterocycles. The van der Waals surface area contributed by atoms with Crippen molar-refractivity contribution in [3.8, 4) is 0 Å². The van der Waals surface area contributed by atoms with Crippen molar-refractivity contribution in [2.75, 3.05) is 0 Å². The van der Waals surface area contributed by atoms with E-state index in [2.05, 4.69) is 5.32 Å². The average Bonchev–Trinajstić information content (AvgIpc) is 2.39. The molecule has 0 saturated heterocycles. The Morgan fingerprint density at radius 3 is 2.63 bits per heavy atom. The maximum Gasteiger partial charge on any atom is 0.254 e. The molecular formula is C15H13ClFNO. The van der Waals surface area contributed by atoms with Crippen LogP contribution in [0.3, 0.4) is 0 Å². The normalized spacial score (nSPS) is 11.9. The van der Waals surface area contributed by atoms with Crippen molar-refractivity contribution in [3.05, 3.63) is 70.5 Å². The molecule has 0 fully saturated rings. The zero-order valence-electron chi connectivity index (χ0n) is 10.4. The van der Waals surface area contributed by atoms with Crippen LogP contribution in [-0.4, -0.2) is 5.91 Å². The lowest BCUT2D eigenvalue weighted by atomic mass is 10.1. The molecule has 0 spiro atoms. The summed E-state index contributed by atoms with van der Waals surface area (Å²) in [5.74, 6) is -0.969. The predicted octanol–water partition coefficient (Wildman–Crippen LogP) is 3.97. The molecule has 0 unspecified atom stereocenters. The molecule has 0 bridgehead atoms. The van der Waals surface area contributed by atoms with Crippen molar-refractivity contribution in [2.24, 2.45) is 0 Å². The summed E-state index contributed by atoms with van der Waals surface area (Å²) in [6.45, 7) is 1.82. The highest BCUT2D eigenvalue weighted by atomic mass is 35.5. The zero-order valence-corrected chi connectivity index (χ0v) is 11.1. The molecule has 0 aliphatic rings. The lowest BCUT2D eigenvalue weighted by Crippen LogP contribution is -2.27. The van der Waals surface area contributed by atoms with Crippen LogP contribution in [0.1, 0.15) is 28.9 Å². The number of carbonyl (C=O) groups is 1. The Labute approximate surface area is 116 Å². The Kier molecular flexibility index (Phi) is 4.17. The summed E-state index contributed by atoms with van der Waals surface area (Å²) in [4.78, 5) is 12.0. The molecule has 19 heavy (non-hydrogen) atoms. The molecule has 0 saturated carbocycles. The van der Waals surface area contributed by atoms with Crippen molar-refractivity contribution in [2.45, 2.75) is 13.0 Å². The number of halogens is 2. The second-order valence-corrected chi connectivity index (χ2v) is 4.67.